The van der Waals surface area contributed by atoms with Crippen LogP contribution in [0.5, 0.6) is 0 Å². The van der Waals surface area contributed by atoms with Gasteiger partial charge in [-0.3, -0.25) is 0 Å². The largest absolute Gasteiger partial charge is 0.487 e. The van der Waals surface area contributed by atoms with E-state index in [2.05, 4.69) is 0 Å². The highest BCUT2D eigenvalue weighted by molar-refractivity contribution is 8.43. The molecule has 0 spiro atoms. The molecule has 0 bridgehead atoms. The normalized spacial score (nSPS) is 15.1. The smallest absolute Gasteiger partial charge is 0.231 e. The van der Waals surface area contributed by atoms with E-state index < -0.39 is 36.2 Å². The van der Waals surface area contributed by atoms with Crippen molar-refractivity contribution < 1.29 is 43.2 Å². The second-order valence-corrected chi connectivity index (χ2v) is 5.95. The van der Waals surface area contributed by atoms with E-state index in [-0.39, 0.29) is 0 Å². The van der Waals surface area contributed by atoms with E-state index in [9.17, 15) is 43.2 Å². The van der Waals surface area contributed by atoms with Gasteiger partial charge in [0.1, 0.15) is 0 Å². The van der Waals surface area contributed by atoms with Gasteiger partial charge in [-0.25, -0.2) is 16.8 Å². The average Bonchev–Trinajstić information content (AvgIpc) is 1.77. The fourth-order valence-electron chi connectivity index (χ4n) is 0.276. The summed E-state index contributed by atoms with van der Waals surface area (Å²) in [6, 6.07) is 0. The Kier molecular flexibility index (Phi) is 3.43. The Bertz CT molecular complexity index is 385. The van der Waals surface area contributed by atoms with Gasteiger partial charge < -0.3 is 0 Å². The van der Waals surface area contributed by atoms with Crippen LogP contribution in [0.25, 0.3) is 0 Å². The molecule has 0 aliphatic rings. The maximum Gasteiger partial charge on any atom is 0.487 e. The van der Waals surface area contributed by atoms with Gasteiger partial charge >= 0.3 is 16.9 Å². The molecule has 0 rings (SSSR count). The summed E-state index contributed by atoms with van der Waals surface area (Å²) in [5.41, 5.74) is -12.2. The monoisotopic (exact) mass is 277 g/mol. The van der Waals surface area contributed by atoms with Gasteiger partial charge in [0.05, 0.1) is 0 Å². The maximum atomic E-state index is 11.5. The Morgan fingerprint density at radius 2 is 0.867 bits per heavy atom. The van der Waals surface area contributed by atoms with Crippen molar-refractivity contribution in [2.45, 2.75) is 11.0 Å². The first kappa shape index (κ1) is 14.5. The molecule has 0 saturated heterocycles. The van der Waals surface area contributed by atoms with E-state index in [1.54, 1.807) is 0 Å². The zero-order chi connectivity index (χ0) is 12.7. The number of hydrogen-bond acceptors (Lipinski definition) is 4. The Morgan fingerprint density at radius 3 is 1.00 bits per heavy atom. The number of rotatable bonds is 2. The van der Waals surface area contributed by atoms with Crippen LogP contribution in [0.3, 0.4) is 0 Å². The van der Waals surface area contributed by atoms with Crippen LogP contribution in [0.2, 0.25) is 0 Å². The quantitative estimate of drug-likeness (QED) is 0.541. The highest BCUT2D eigenvalue weighted by atomic mass is 32.3. The van der Waals surface area contributed by atoms with Crippen molar-refractivity contribution in [2.24, 2.45) is 0 Å². The van der Waals surface area contributed by atoms with Gasteiger partial charge in [0, 0.05) is 0 Å². The molecule has 0 aromatic carbocycles. The molecule has 0 unspecified atom stereocenters. The second kappa shape index (κ2) is 3.54. The summed E-state index contributed by atoms with van der Waals surface area (Å²) in [5, 5.41) is 0. The van der Waals surface area contributed by atoms with Crippen molar-refractivity contribution >= 4 is 25.2 Å². The highest BCUT2D eigenvalue weighted by Crippen LogP contribution is 2.29. The van der Waals surface area contributed by atoms with Crippen LogP contribution in [-0.2, 0) is 19.4 Å². The van der Waals surface area contributed by atoms with Gasteiger partial charge in [-0.2, -0.15) is 26.3 Å². The van der Waals surface area contributed by atoms with E-state index in [4.69, 9.17) is 0 Å². The number of hydrogen-bond donors (Lipinski definition) is 0. The third-order valence-electron chi connectivity index (χ3n) is 0.899. The van der Waals surface area contributed by atoms with Gasteiger partial charge in [0.2, 0.25) is 19.4 Å². The maximum absolute atomic E-state index is 11.5. The van der Waals surface area contributed by atoms with Gasteiger partial charge in [0.25, 0.3) is 0 Å². The molecule has 0 amide bonds. The van der Waals surface area contributed by atoms with E-state index in [0.29, 0.717) is 0 Å². The molecule has 0 N–H and O–H groups in total. The van der Waals surface area contributed by atoms with Crippen LogP contribution in [-0.4, -0.2) is 33.7 Å². The van der Waals surface area contributed by atoms with Gasteiger partial charge in [-0.05, 0) is 0 Å². The first-order valence-corrected chi connectivity index (χ1v) is 5.77. The van der Waals surface area contributed by atoms with Crippen LogP contribution < -0.4 is 0 Å². The lowest BCUT2D eigenvalue weighted by Crippen LogP contribution is -2.38. The minimum absolute atomic E-state index is 1.76. The molecule has 0 aliphatic carbocycles. The van der Waals surface area contributed by atoms with Crippen molar-refractivity contribution in [1.29, 1.82) is 0 Å². The van der Waals surface area contributed by atoms with Crippen molar-refractivity contribution in [3.63, 3.8) is 0 Å². The predicted octanol–water partition coefficient (Wildman–Crippen LogP) is 0.390. The number of alkyl halides is 6. The Morgan fingerprint density at radius 1 is 0.667 bits per heavy atom. The number of halogens is 6. The van der Waals surface area contributed by atoms with E-state index in [1.807, 2.05) is 0 Å². The van der Waals surface area contributed by atoms with Crippen LogP contribution in [0, 0.1) is 0 Å². The van der Waals surface area contributed by atoms with Gasteiger partial charge in [-0.1, -0.05) is 0 Å². The molecular weight excluding hydrogens is 277 g/mol. The third kappa shape index (κ3) is 3.26. The SMILES string of the molecule is O=S(=O)([B]S(=O)(=O)C(F)(F)F)C(F)(F)F. The van der Waals surface area contributed by atoms with Crippen molar-refractivity contribution in [2.75, 3.05) is 0 Å². The minimum atomic E-state index is -6.47. The minimum Gasteiger partial charge on any atom is -0.231 e. The van der Waals surface area contributed by atoms with Crippen LogP contribution >= 0.6 is 0 Å². The lowest BCUT2D eigenvalue weighted by molar-refractivity contribution is -0.0421. The second-order valence-electron chi connectivity index (χ2n) is 2.08. The van der Waals surface area contributed by atoms with E-state index in [0.717, 1.165) is 0 Å². The zero-order valence-electron chi connectivity index (χ0n) is 6.29. The van der Waals surface area contributed by atoms with Crippen LogP contribution in [0.4, 0.5) is 26.3 Å². The van der Waals surface area contributed by atoms with Crippen molar-refractivity contribution in [1.82, 2.24) is 0 Å². The molecule has 0 atom stereocenters. The predicted molar refractivity (Wildman–Crippen MR) is 35.7 cm³/mol. The first-order valence-electron chi connectivity index (χ1n) is 2.68. The summed E-state index contributed by atoms with van der Waals surface area (Å²) >= 11 is 0. The summed E-state index contributed by atoms with van der Waals surface area (Å²) in [6.45, 7) is 0. The molecule has 0 heterocycles. The van der Waals surface area contributed by atoms with E-state index in [1.165, 1.54) is 0 Å². The molecule has 1 radical (unpaired) electrons. The van der Waals surface area contributed by atoms with E-state index >= 15 is 0 Å². The molecule has 0 fully saturated rings. The summed E-state index contributed by atoms with van der Waals surface area (Å²) < 4.78 is 109. The summed E-state index contributed by atoms with van der Waals surface area (Å²) in [6.07, 6.45) is 0. The Hall–Kier alpha value is -0.455. The Labute approximate surface area is 80.1 Å². The molecule has 0 aromatic heterocycles. The molecule has 0 aliphatic heterocycles. The molecule has 13 heteroatoms. The van der Waals surface area contributed by atoms with Crippen molar-refractivity contribution in [3.05, 3.63) is 0 Å². The molecule has 89 valence electrons. The van der Waals surface area contributed by atoms with Gasteiger partial charge in [-0.15, -0.1) is 0 Å². The summed E-state index contributed by atoms with van der Waals surface area (Å²) in [7, 11) is -12.9. The molecular formula is C2BF6O4S2. The van der Waals surface area contributed by atoms with Gasteiger partial charge in [0.15, 0.2) is 0 Å². The van der Waals surface area contributed by atoms with Crippen LogP contribution in [0.15, 0.2) is 0 Å². The standard InChI is InChI=1S/C2BF6O4S2/c4-1(5,6)14(10,11)3-15(12,13)2(7,8)9. The van der Waals surface area contributed by atoms with Crippen molar-refractivity contribution in [3.8, 4) is 0 Å². The summed E-state index contributed by atoms with van der Waals surface area (Å²) in [4.78, 5) is 0. The lowest BCUT2D eigenvalue weighted by Gasteiger charge is -2.09. The summed E-state index contributed by atoms with van der Waals surface area (Å²) in [5.74, 6) is -1.76. The fraction of sp³-hybridized carbons (Fsp3) is 1.00. The zero-order valence-corrected chi connectivity index (χ0v) is 7.93. The Balaban J connectivity index is 5.28. The first-order chi connectivity index (χ1) is 6.21. The molecule has 4 nitrogen and oxygen atoms in total. The molecule has 15 heavy (non-hydrogen) atoms. The lowest BCUT2D eigenvalue weighted by atomic mass is 10.7. The molecule has 0 saturated carbocycles. The molecule has 0 aromatic rings. The topological polar surface area (TPSA) is 68.3 Å². The fourth-order valence-corrected chi connectivity index (χ4v) is 2.48. The van der Waals surface area contributed by atoms with Crippen LogP contribution in [0.1, 0.15) is 0 Å². The highest BCUT2D eigenvalue weighted by Gasteiger charge is 2.57. The third-order valence-corrected chi connectivity index (χ3v) is 4.22. The average molecular weight is 277 g/mol.